The molecule has 0 radical (unpaired) electrons. The molecule has 0 aliphatic carbocycles. The highest BCUT2D eigenvalue weighted by Gasteiger charge is 2.22. The summed E-state index contributed by atoms with van der Waals surface area (Å²) in [5.74, 6) is -3.24. The number of amides is 2. The van der Waals surface area contributed by atoms with Crippen LogP contribution in [0.2, 0.25) is 0 Å². The molecule has 0 aliphatic rings. The van der Waals surface area contributed by atoms with Gasteiger partial charge in [-0.2, -0.15) is 0 Å². The number of aliphatic carboxylic acids is 2. The standard InChI is InChI=1S/C9H14N2O6S3/c1-4(12)10-6(8(14)15)3-18-20-19-7(9(16)17)11-5(2)13/h6-7H,3H2,1-2H3,(H,10,12)(H,11,13)(H,14,15)(H,16,17)/t6-,7-/m0/s1. The molecule has 8 nitrogen and oxygen atoms in total. The average Bonchev–Trinajstić information content (AvgIpc) is 2.29. The monoisotopic (exact) mass is 342 g/mol. The Balaban J connectivity index is 4.13. The summed E-state index contributed by atoms with van der Waals surface area (Å²) in [5, 5.41) is 21.0. The molecule has 114 valence electrons. The van der Waals surface area contributed by atoms with E-state index in [4.69, 9.17) is 10.2 Å². The first-order chi connectivity index (χ1) is 9.23. The molecule has 0 aromatic heterocycles. The first kappa shape index (κ1) is 18.9. The predicted molar refractivity (Wildman–Crippen MR) is 78.1 cm³/mol. The summed E-state index contributed by atoms with van der Waals surface area (Å²) >= 11 is 0. The summed E-state index contributed by atoms with van der Waals surface area (Å²) in [4.78, 5) is 43.2. The van der Waals surface area contributed by atoms with Crippen LogP contribution in [-0.2, 0) is 19.2 Å². The first-order valence-electron chi connectivity index (χ1n) is 5.18. The zero-order chi connectivity index (χ0) is 15.7. The Morgan fingerprint density at radius 2 is 1.55 bits per heavy atom. The average molecular weight is 342 g/mol. The van der Waals surface area contributed by atoms with Crippen molar-refractivity contribution in [1.82, 2.24) is 10.6 Å². The first-order valence-corrected chi connectivity index (χ1v) is 8.90. The molecular weight excluding hydrogens is 328 g/mol. The molecule has 11 heteroatoms. The van der Waals surface area contributed by atoms with Gasteiger partial charge in [-0.25, -0.2) is 9.59 Å². The van der Waals surface area contributed by atoms with Crippen LogP contribution in [0.25, 0.3) is 0 Å². The molecule has 0 saturated heterocycles. The second-order valence-corrected chi connectivity index (χ2v) is 7.75. The van der Waals surface area contributed by atoms with E-state index in [1.165, 1.54) is 13.8 Å². The van der Waals surface area contributed by atoms with Gasteiger partial charge in [-0.3, -0.25) is 9.59 Å². The lowest BCUT2D eigenvalue weighted by Gasteiger charge is -2.14. The highest BCUT2D eigenvalue weighted by molar-refractivity contribution is 9.09. The number of carboxylic acid groups (broad SMARTS) is 2. The number of carbonyl (C=O) groups is 4. The smallest absolute Gasteiger partial charge is 0.337 e. The van der Waals surface area contributed by atoms with Crippen LogP contribution in [0.1, 0.15) is 13.8 Å². The number of hydrogen-bond donors (Lipinski definition) is 4. The van der Waals surface area contributed by atoms with Crippen LogP contribution in [0.5, 0.6) is 0 Å². The maximum atomic E-state index is 10.8. The summed E-state index contributed by atoms with van der Waals surface area (Å²) in [6.45, 7) is 2.41. The van der Waals surface area contributed by atoms with E-state index in [0.29, 0.717) is 0 Å². The second kappa shape index (κ2) is 9.77. The van der Waals surface area contributed by atoms with Crippen molar-refractivity contribution in [2.45, 2.75) is 25.3 Å². The fraction of sp³-hybridized carbons (Fsp3) is 0.556. The van der Waals surface area contributed by atoms with E-state index in [1.54, 1.807) is 0 Å². The lowest BCUT2D eigenvalue weighted by Crippen LogP contribution is -2.41. The minimum absolute atomic E-state index is 0.0684. The van der Waals surface area contributed by atoms with Gasteiger partial charge in [0.25, 0.3) is 0 Å². The van der Waals surface area contributed by atoms with E-state index >= 15 is 0 Å². The van der Waals surface area contributed by atoms with Gasteiger partial charge in [-0.05, 0) is 20.6 Å². The second-order valence-electron chi connectivity index (χ2n) is 3.46. The summed E-state index contributed by atoms with van der Waals surface area (Å²) < 4.78 is 0. The molecule has 0 rings (SSSR count). The number of nitrogens with one attached hydrogen (secondary N) is 2. The van der Waals surface area contributed by atoms with Gasteiger partial charge in [0.2, 0.25) is 11.8 Å². The third kappa shape index (κ3) is 8.93. The van der Waals surface area contributed by atoms with Crippen molar-refractivity contribution in [3.05, 3.63) is 0 Å². The molecule has 0 aliphatic heterocycles. The number of rotatable bonds is 9. The molecule has 2 atom stereocenters. The number of carbonyl (C=O) groups excluding carboxylic acids is 2. The van der Waals surface area contributed by atoms with Crippen LogP contribution < -0.4 is 10.6 Å². The topological polar surface area (TPSA) is 133 Å². The normalized spacial score (nSPS) is 13.1. The largest absolute Gasteiger partial charge is 0.480 e. The summed E-state index contributed by atoms with van der Waals surface area (Å²) in [7, 11) is 2.97. The van der Waals surface area contributed by atoms with Crippen LogP contribution in [0.15, 0.2) is 0 Å². The van der Waals surface area contributed by atoms with Gasteiger partial charge in [0.1, 0.15) is 6.04 Å². The quantitative estimate of drug-likeness (QED) is 0.262. The van der Waals surface area contributed by atoms with Crippen LogP contribution in [0.3, 0.4) is 0 Å². The highest BCUT2D eigenvalue weighted by Crippen LogP contribution is 2.37. The minimum Gasteiger partial charge on any atom is -0.480 e. The van der Waals surface area contributed by atoms with Gasteiger partial charge >= 0.3 is 11.9 Å². The summed E-state index contributed by atoms with van der Waals surface area (Å²) in [6, 6.07) is -1.05. The Bertz CT molecular complexity index is 356. The van der Waals surface area contributed by atoms with Crippen molar-refractivity contribution in [3.8, 4) is 0 Å². The van der Waals surface area contributed by atoms with Crippen LogP contribution >= 0.6 is 31.4 Å². The van der Waals surface area contributed by atoms with Crippen molar-refractivity contribution in [2.24, 2.45) is 0 Å². The van der Waals surface area contributed by atoms with Crippen molar-refractivity contribution >= 4 is 55.2 Å². The predicted octanol–water partition coefficient (Wildman–Crippen LogP) is 0.152. The van der Waals surface area contributed by atoms with Gasteiger partial charge < -0.3 is 20.8 Å². The van der Waals surface area contributed by atoms with Crippen molar-refractivity contribution in [1.29, 1.82) is 0 Å². The van der Waals surface area contributed by atoms with E-state index in [-0.39, 0.29) is 5.75 Å². The molecule has 20 heavy (non-hydrogen) atoms. The maximum absolute atomic E-state index is 10.8. The van der Waals surface area contributed by atoms with Gasteiger partial charge in [0.15, 0.2) is 5.37 Å². The molecule has 0 aromatic carbocycles. The number of carboxylic acids is 2. The SMILES string of the molecule is CC(=O)N[C@@H](CSSS[C@H](NC(C)=O)C(=O)O)C(=O)O. The summed E-state index contributed by atoms with van der Waals surface area (Å²) in [6.07, 6.45) is 0. The Hall–Kier alpha value is -1.07. The molecule has 0 fully saturated rings. The molecule has 0 spiro atoms. The molecule has 0 heterocycles. The molecule has 0 aromatic rings. The lowest BCUT2D eigenvalue weighted by molar-refractivity contribution is -0.140. The fourth-order valence-corrected chi connectivity index (χ4v) is 4.82. The summed E-state index contributed by atoms with van der Waals surface area (Å²) in [5.41, 5.74) is 0. The van der Waals surface area contributed by atoms with Crippen molar-refractivity contribution < 1.29 is 29.4 Å². The Kier molecular flexibility index (Phi) is 9.25. The minimum atomic E-state index is -1.20. The Morgan fingerprint density at radius 3 is 1.95 bits per heavy atom. The maximum Gasteiger partial charge on any atom is 0.337 e. The van der Waals surface area contributed by atoms with Crippen molar-refractivity contribution in [2.75, 3.05) is 5.75 Å². The molecule has 0 saturated carbocycles. The molecular formula is C9H14N2O6S3. The zero-order valence-electron chi connectivity index (χ0n) is 10.6. The van der Waals surface area contributed by atoms with Gasteiger partial charge in [0, 0.05) is 19.6 Å². The van der Waals surface area contributed by atoms with E-state index in [1.807, 2.05) is 0 Å². The van der Waals surface area contributed by atoms with E-state index in [9.17, 15) is 19.2 Å². The third-order valence-corrected chi connectivity index (χ3v) is 5.89. The molecule has 4 N–H and O–H groups in total. The molecule has 0 unspecified atom stereocenters. The van der Waals surface area contributed by atoms with E-state index in [0.717, 1.165) is 31.4 Å². The van der Waals surface area contributed by atoms with Gasteiger partial charge in [-0.1, -0.05) is 10.8 Å². The van der Waals surface area contributed by atoms with Crippen LogP contribution in [0.4, 0.5) is 0 Å². The van der Waals surface area contributed by atoms with E-state index < -0.39 is 35.2 Å². The lowest BCUT2D eigenvalue weighted by atomic mass is 10.3. The van der Waals surface area contributed by atoms with Gasteiger partial charge in [0.05, 0.1) is 0 Å². The Labute approximate surface area is 126 Å². The van der Waals surface area contributed by atoms with Crippen LogP contribution in [-0.4, -0.2) is 51.1 Å². The molecule has 0 bridgehead atoms. The third-order valence-electron chi connectivity index (χ3n) is 1.65. The fourth-order valence-electron chi connectivity index (χ4n) is 0.894. The highest BCUT2D eigenvalue weighted by atomic mass is 33.5. The van der Waals surface area contributed by atoms with E-state index in [2.05, 4.69) is 10.6 Å². The number of hydrogen-bond acceptors (Lipinski definition) is 7. The van der Waals surface area contributed by atoms with Crippen LogP contribution in [0, 0.1) is 0 Å². The van der Waals surface area contributed by atoms with Gasteiger partial charge in [-0.15, -0.1) is 0 Å². The molecule has 2 amide bonds. The Morgan fingerprint density at radius 1 is 1.00 bits per heavy atom. The van der Waals surface area contributed by atoms with Crippen molar-refractivity contribution in [3.63, 3.8) is 0 Å². The zero-order valence-corrected chi connectivity index (χ0v) is 13.1.